The van der Waals surface area contributed by atoms with Crippen LogP contribution in [-0.4, -0.2) is 18.4 Å². The zero-order valence-electron chi connectivity index (χ0n) is 10.4. The number of anilines is 1. The first-order valence-electron chi connectivity index (χ1n) is 6.16. The standard InChI is InChI=1S/C14H18FNO/c1-10-5-3-4-8-16(10)14-7-6-12(11(2)17)9-13(14)15/h6-7,9-10H,3-5,8H2,1-2H3/t10-/m0/s1. The highest BCUT2D eigenvalue weighted by Gasteiger charge is 2.21. The van der Waals surface area contributed by atoms with Gasteiger partial charge in [0.1, 0.15) is 5.82 Å². The second kappa shape index (κ2) is 4.86. The number of piperidine rings is 1. The number of rotatable bonds is 2. The fraction of sp³-hybridized carbons (Fsp3) is 0.500. The monoisotopic (exact) mass is 235 g/mol. The first-order valence-corrected chi connectivity index (χ1v) is 6.16. The van der Waals surface area contributed by atoms with Crippen LogP contribution >= 0.6 is 0 Å². The van der Waals surface area contributed by atoms with Crippen molar-refractivity contribution in [2.45, 2.75) is 39.2 Å². The quantitative estimate of drug-likeness (QED) is 0.732. The molecule has 1 aliphatic heterocycles. The third-order valence-corrected chi connectivity index (χ3v) is 3.47. The number of hydrogen-bond donors (Lipinski definition) is 0. The highest BCUT2D eigenvalue weighted by molar-refractivity contribution is 5.94. The maximum Gasteiger partial charge on any atom is 0.159 e. The molecule has 3 heteroatoms. The molecule has 1 aromatic rings. The van der Waals surface area contributed by atoms with E-state index < -0.39 is 0 Å². The fourth-order valence-corrected chi connectivity index (χ4v) is 2.41. The van der Waals surface area contributed by atoms with E-state index >= 15 is 0 Å². The van der Waals surface area contributed by atoms with Gasteiger partial charge in [0.15, 0.2) is 5.78 Å². The van der Waals surface area contributed by atoms with Gasteiger partial charge >= 0.3 is 0 Å². The molecule has 0 spiro atoms. The summed E-state index contributed by atoms with van der Waals surface area (Å²) < 4.78 is 14.0. The Morgan fingerprint density at radius 1 is 1.41 bits per heavy atom. The van der Waals surface area contributed by atoms with Crippen LogP contribution in [0.5, 0.6) is 0 Å². The minimum absolute atomic E-state index is 0.0952. The second-order valence-electron chi connectivity index (χ2n) is 4.76. The Labute approximate surface area is 101 Å². The van der Waals surface area contributed by atoms with E-state index in [1.807, 2.05) is 0 Å². The fourth-order valence-electron chi connectivity index (χ4n) is 2.41. The maximum atomic E-state index is 14.0. The van der Waals surface area contributed by atoms with Crippen molar-refractivity contribution >= 4 is 11.5 Å². The molecule has 0 radical (unpaired) electrons. The van der Waals surface area contributed by atoms with Gasteiger partial charge in [0.2, 0.25) is 0 Å². The van der Waals surface area contributed by atoms with Gasteiger partial charge in [-0.15, -0.1) is 0 Å². The zero-order chi connectivity index (χ0) is 12.4. The van der Waals surface area contributed by atoms with Gasteiger partial charge < -0.3 is 4.90 Å². The molecule has 1 aliphatic rings. The lowest BCUT2D eigenvalue weighted by Crippen LogP contribution is -2.38. The molecule has 0 unspecified atom stereocenters. The molecule has 0 saturated carbocycles. The first kappa shape index (κ1) is 12.1. The topological polar surface area (TPSA) is 20.3 Å². The predicted molar refractivity (Wildman–Crippen MR) is 67.1 cm³/mol. The molecule has 17 heavy (non-hydrogen) atoms. The van der Waals surface area contributed by atoms with Crippen molar-refractivity contribution in [3.63, 3.8) is 0 Å². The second-order valence-corrected chi connectivity index (χ2v) is 4.76. The Kier molecular flexibility index (Phi) is 3.46. The number of halogens is 1. The van der Waals surface area contributed by atoms with Gasteiger partial charge in [0.05, 0.1) is 5.69 Å². The molecule has 1 aromatic carbocycles. The minimum Gasteiger partial charge on any atom is -0.366 e. The first-order chi connectivity index (χ1) is 8.09. The van der Waals surface area contributed by atoms with Crippen LogP contribution in [0.3, 0.4) is 0 Å². The highest BCUT2D eigenvalue weighted by atomic mass is 19.1. The normalized spacial score (nSPS) is 20.4. The van der Waals surface area contributed by atoms with Crippen LogP contribution in [0.25, 0.3) is 0 Å². The van der Waals surface area contributed by atoms with Crippen LogP contribution in [-0.2, 0) is 0 Å². The molecule has 0 amide bonds. The Morgan fingerprint density at radius 3 is 2.76 bits per heavy atom. The molecule has 0 bridgehead atoms. The van der Waals surface area contributed by atoms with Gasteiger partial charge in [0, 0.05) is 18.2 Å². The van der Waals surface area contributed by atoms with E-state index in [0.29, 0.717) is 17.3 Å². The average Bonchev–Trinajstić information content (AvgIpc) is 2.30. The molecule has 2 nitrogen and oxygen atoms in total. The number of Topliss-reactive ketones (excluding diaryl/α,β-unsaturated/α-hetero) is 1. The van der Waals surface area contributed by atoms with Crippen LogP contribution < -0.4 is 4.90 Å². The van der Waals surface area contributed by atoms with E-state index in [0.717, 1.165) is 19.4 Å². The van der Waals surface area contributed by atoms with Crippen molar-refractivity contribution in [1.29, 1.82) is 0 Å². The lowest BCUT2D eigenvalue weighted by atomic mass is 10.0. The molecule has 1 fully saturated rings. The van der Waals surface area contributed by atoms with Crippen LogP contribution in [0.4, 0.5) is 10.1 Å². The molecule has 0 aromatic heterocycles. The summed E-state index contributed by atoms with van der Waals surface area (Å²) in [6.45, 7) is 4.48. The van der Waals surface area contributed by atoms with Crippen molar-refractivity contribution in [2.75, 3.05) is 11.4 Å². The van der Waals surface area contributed by atoms with Gasteiger partial charge in [-0.3, -0.25) is 4.79 Å². The Hall–Kier alpha value is -1.38. The predicted octanol–water partition coefficient (Wildman–Crippen LogP) is 3.41. The summed E-state index contributed by atoms with van der Waals surface area (Å²) in [4.78, 5) is 13.3. The lowest BCUT2D eigenvalue weighted by Gasteiger charge is -2.35. The van der Waals surface area contributed by atoms with Gasteiger partial charge in [-0.25, -0.2) is 4.39 Å². The average molecular weight is 235 g/mol. The molecule has 1 atom stereocenters. The number of ketones is 1. The number of nitrogens with zero attached hydrogens (tertiary/aromatic N) is 1. The lowest BCUT2D eigenvalue weighted by molar-refractivity contribution is 0.101. The zero-order valence-corrected chi connectivity index (χ0v) is 10.4. The summed E-state index contributed by atoms with van der Waals surface area (Å²) in [6.07, 6.45) is 3.43. The van der Waals surface area contributed by atoms with E-state index in [1.165, 1.54) is 19.4 Å². The van der Waals surface area contributed by atoms with Gasteiger partial charge in [-0.05, 0) is 51.3 Å². The van der Waals surface area contributed by atoms with E-state index in [2.05, 4.69) is 11.8 Å². The summed E-state index contributed by atoms with van der Waals surface area (Å²) in [7, 11) is 0. The van der Waals surface area contributed by atoms with Gasteiger partial charge in [-0.1, -0.05) is 0 Å². The molecule has 0 aliphatic carbocycles. The van der Waals surface area contributed by atoms with Gasteiger partial charge in [0.25, 0.3) is 0 Å². The Morgan fingerprint density at radius 2 is 2.18 bits per heavy atom. The smallest absolute Gasteiger partial charge is 0.159 e. The third-order valence-electron chi connectivity index (χ3n) is 3.47. The Balaban J connectivity index is 2.29. The molecule has 0 N–H and O–H groups in total. The van der Waals surface area contributed by atoms with Crippen molar-refractivity contribution in [3.05, 3.63) is 29.6 Å². The summed E-state index contributed by atoms with van der Waals surface area (Å²) in [6, 6.07) is 5.16. The molecule has 1 saturated heterocycles. The van der Waals surface area contributed by atoms with Crippen molar-refractivity contribution in [3.8, 4) is 0 Å². The van der Waals surface area contributed by atoms with Crippen LogP contribution in [0.2, 0.25) is 0 Å². The summed E-state index contributed by atoms with van der Waals surface area (Å²) in [5, 5.41) is 0. The van der Waals surface area contributed by atoms with E-state index in [1.54, 1.807) is 12.1 Å². The Bertz CT molecular complexity index is 430. The van der Waals surface area contributed by atoms with E-state index in [-0.39, 0.29) is 11.6 Å². The van der Waals surface area contributed by atoms with Crippen molar-refractivity contribution in [1.82, 2.24) is 0 Å². The molecule has 2 rings (SSSR count). The summed E-state index contributed by atoms with van der Waals surface area (Å²) >= 11 is 0. The SMILES string of the molecule is CC(=O)c1ccc(N2CCCC[C@@H]2C)c(F)c1. The van der Waals surface area contributed by atoms with Crippen LogP contribution in [0.15, 0.2) is 18.2 Å². The number of hydrogen-bond acceptors (Lipinski definition) is 2. The van der Waals surface area contributed by atoms with Crippen molar-refractivity contribution < 1.29 is 9.18 Å². The van der Waals surface area contributed by atoms with Gasteiger partial charge in [-0.2, -0.15) is 0 Å². The summed E-state index contributed by atoms with van der Waals surface area (Å²) in [5.74, 6) is -0.381. The number of carbonyl (C=O) groups excluding carboxylic acids is 1. The van der Waals surface area contributed by atoms with E-state index in [4.69, 9.17) is 0 Å². The van der Waals surface area contributed by atoms with Crippen LogP contribution in [0, 0.1) is 5.82 Å². The summed E-state index contributed by atoms with van der Waals surface area (Å²) in [5.41, 5.74) is 1.07. The molecule has 92 valence electrons. The largest absolute Gasteiger partial charge is 0.366 e. The maximum absolute atomic E-state index is 14.0. The highest BCUT2D eigenvalue weighted by Crippen LogP contribution is 2.27. The molecule has 1 heterocycles. The minimum atomic E-state index is -0.286. The number of benzene rings is 1. The molecular formula is C14H18FNO. The number of carbonyl (C=O) groups is 1. The third kappa shape index (κ3) is 2.48. The van der Waals surface area contributed by atoms with E-state index in [9.17, 15) is 9.18 Å². The molecular weight excluding hydrogens is 217 g/mol. The van der Waals surface area contributed by atoms with Crippen molar-refractivity contribution in [2.24, 2.45) is 0 Å². The van der Waals surface area contributed by atoms with Crippen LogP contribution in [0.1, 0.15) is 43.5 Å².